The van der Waals surface area contributed by atoms with E-state index in [0.29, 0.717) is 37.6 Å². The van der Waals surface area contributed by atoms with E-state index in [1.807, 2.05) is 32.0 Å². The molecule has 0 aromatic heterocycles. The van der Waals surface area contributed by atoms with Gasteiger partial charge in [0.05, 0.1) is 6.61 Å². The Hall–Kier alpha value is -2.32. The van der Waals surface area contributed by atoms with E-state index in [1.165, 1.54) is 0 Å². The summed E-state index contributed by atoms with van der Waals surface area (Å²) in [5.74, 6) is 0.131. The summed E-state index contributed by atoms with van der Waals surface area (Å²) in [4.78, 5) is 26.1. The fourth-order valence-corrected chi connectivity index (χ4v) is 3.49. The van der Waals surface area contributed by atoms with Gasteiger partial charge in [0.2, 0.25) is 6.79 Å². The van der Waals surface area contributed by atoms with Crippen molar-refractivity contribution in [2.45, 2.75) is 51.2 Å². The van der Waals surface area contributed by atoms with Crippen molar-refractivity contribution < 1.29 is 33.3 Å². The number of cyclic esters (lactones) is 1. The van der Waals surface area contributed by atoms with Gasteiger partial charge in [-0.2, -0.15) is 0 Å². The van der Waals surface area contributed by atoms with Crippen LogP contribution in [-0.4, -0.2) is 54.7 Å². The second kappa shape index (κ2) is 7.01. The molecular weight excluding hydrogens is 354 g/mol. The van der Waals surface area contributed by atoms with Gasteiger partial charge in [0.1, 0.15) is 6.10 Å². The molecule has 3 aliphatic heterocycles. The number of carbonyl (C=O) groups excluding carboxylic acids is 2. The molecule has 0 radical (unpaired) electrons. The molecule has 4 rings (SSSR count). The van der Waals surface area contributed by atoms with Gasteiger partial charge >= 0.3 is 5.97 Å². The fraction of sp³-hybridized carbons (Fsp3) is 0.579. The van der Waals surface area contributed by atoms with Crippen LogP contribution in [0.1, 0.15) is 32.3 Å². The molecule has 27 heavy (non-hydrogen) atoms. The van der Waals surface area contributed by atoms with Gasteiger partial charge in [-0.15, -0.1) is 0 Å². The first-order valence-corrected chi connectivity index (χ1v) is 9.08. The number of amides is 1. The molecule has 0 unspecified atom stereocenters. The molecule has 1 aromatic carbocycles. The first-order valence-electron chi connectivity index (χ1n) is 9.08. The third kappa shape index (κ3) is 4.01. The molecule has 8 nitrogen and oxygen atoms in total. The summed E-state index contributed by atoms with van der Waals surface area (Å²) in [6, 6.07) is 5.58. The molecule has 2 fully saturated rings. The molecule has 0 bridgehead atoms. The molecule has 1 aromatic rings. The molecule has 0 spiro atoms. The highest BCUT2D eigenvalue weighted by molar-refractivity contribution is 5.86. The molecule has 2 saturated heterocycles. The van der Waals surface area contributed by atoms with Crippen LogP contribution in [0.3, 0.4) is 0 Å². The van der Waals surface area contributed by atoms with Crippen molar-refractivity contribution in [3.05, 3.63) is 23.8 Å². The minimum Gasteiger partial charge on any atom is -0.454 e. The number of hydrogen-bond donors (Lipinski definition) is 0. The van der Waals surface area contributed by atoms with Crippen LogP contribution in [0, 0.1) is 0 Å². The maximum atomic E-state index is 13.0. The Labute approximate surface area is 157 Å². The average Bonchev–Trinajstić information content (AvgIpc) is 3.33. The van der Waals surface area contributed by atoms with E-state index < -0.39 is 11.9 Å². The molecular formula is C19H23NO7. The summed E-state index contributed by atoms with van der Waals surface area (Å²) in [5.41, 5.74) is 0.898. The SMILES string of the molecule is CC1(C)OC[C@@H](CN(Cc2ccc3c(c2)OCO3)C(=O)[C@H]2CCC(=O)O2)O1. The van der Waals surface area contributed by atoms with Gasteiger partial charge in [0.25, 0.3) is 5.91 Å². The molecule has 0 N–H and O–H groups in total. The Bertz CT molecular complexity index is 748. The van der Waals surface area contributed by atoms with Crippen LogP contribution in [0.5, 0.6) is 11.5 Å². The van der Waals surface area contributed by atoms with Crippen LogP contribution in [-0.2, 0) is 30.3 Å². The number of benzene rings is 1. The first-order chi connectivity index (χ1) is 12.9. The van der Waals surface area contributed by atoms with Crippen LogP contribution >= 0.6 is 0 Å². The Balaban J connectivity index is 1.50. The highest BCUT2D eigenvalue weighted by Gasteiger charge is 2.38. The van der Waals surface area contributed by atoms with Gasteiger partial charge in [-0.05, 0) is 31.5 Å². The summed E-state index contributed by atoms with van der Waals surface area (Å²) in [7, 11) is 0. The van der Waals surface area contributed by atoms with Crippen molar-refractivity contribution in [2.24, 2.45) is 0 Å². The summed E-state index contributed by atoms with van der Waals surface area (Å²) in [5, 5.41) is 0. The first kappa shape index (κ1) is 18.1. The summed E-state index contributed by atoms with van der Waals surface area (Å²) in [6.07, 6.45) is -0.301. The number of rotatable bonds is 5. The van der Waals surface area contributed by atoms with Gasteiger partial charge < -0.3 is 28.6 Å². The van der Waals surface area contributed by atoms with E-state index in [2.05, 4.69) is 0 Å². The van der Waals surface area contributed by atoms with Crippen LogP contribution in [0.2, 0.25) is 0 Å². The minimum atomic E-state index is -0.734. The third-order valence-electron chi connectivity index (χ3n) is 4.77. The Morgan fingerprint density at radius 2 is 2.07 bits per heavy atom. The van der Waals surface area contributed by atoms with Crippen molar-refractivity contribution in [1.29, 1.82) is 0 Å². The Kier molecular flexibility index (Phi) is 4.69. The van der Waals surface area contributed by atoms with Gasteiger partial charge in [0, 0.05) is 25.9 Å². The molecule has 0 saturated carbocycles. The van der Waals surface area contributed by atoms with Crippen LogP contribution in [0.15, 0.2) is 18.2 Å². The highest BCUT2D eigenvalue weighted by Crippen LogP contribution is 2.33. The lowest BCUT2D eigenvalue weighted by Crippen LogP contribution is -2.43. The van der Waals surface area contributed by atoms with E-state index >= 15 is 0 Å². The largest absolute Gasteiger partial charge is 0.454 e. The molecule has 146 valence electrons. The van der Waals surface area contributed by atoms with Crippen LogP contribution < -0.4 is 9.47 Å². The van der Waals surface area contributed by atoms with Crippen molar-refractivity contribution in [3.8, 4) is 11.5 Å². The van der Waals surface area contributed by atoms with E-state index in [1.54, 1.807) is 4.90 Å². The number of hydrogen-bond acceptors (Lipinski definition) is 7. The van der Waals surface area contributed by atoms with Crippen molar-refractivity contribution >= 4 is 11.9 Å². The van der Waals surface area contributed by atoms with E-state index in [-0.39, 0.29) is 31.2 Å². The van der Waals surface area contributed by atoms with Gasteiger partial charge in [-0.25, -0.2) is 0 Å². The average molecular weight is 377 g/mol. The second-order valence-electron chi connectivity index (χ2n) is 7.37. The monoisotopic (exact) mass is 377 g/mol. The zero-order chi connectivity index (χ0) is 19.0. The standard InChI is InChI=1S/C19H23NO7/c1-19(2)25-10-13(27-19)9-20(18(22)15-5-6-17(21)26-15)8-12-3-4-14-16(7-12)24-11-23-14/h3-4,7,13,15H,5-6,8-11H2,1-2H3/t13-,15-/m1/s1. The Morgan fingerprint density at radius 3 is 2.78 bits per heavy atom. The zero-order valence-corrected chi connectivity index (χ0v) is 15.4. The maximum Gasteiger partial charge on any atom is 0.306 e. The molecule has 8 heteroatoms. The van der Waals surface area contributed by atoms with Gasteiger partial charge in [-0.1, -0.05) is 6.07 Å². The number of carbonyl (C=O) groups is 2. The number of fused-ring (bicyclic) bond motifs is 1. The molecule has 3 heterocycles. The van der Waals surface area contributed by atoms with Crippen LogP contribution in [0.25, 0.3) is 0 Å². The van der Waals surface area contributed by atoms with Crippen molar-refractivity contribution in [1.82, 2.24) is 4.90 Å². The third-order valence-corrected chi connectivity index (χ3v) is 4.77. The van der Waals surface area contributed by atoms with Crippen molar-refractivity contribution in [2.75, 3.05) is 19.9 Å². The van der Waals surface area contributed by atoms with Gasteiger partial charge in [-0.3, -0.25) is 9.59 Å². The predicted molar refractivity (Wildman–Crippen MR) is 92.0 cm³/mol. The van der Waals surface area contributed by atoms with Crippen molar-refractivity contribution in [3.63, 3.8) is 0 Å². The minimum absolute atomic E-state index is 0.196. The van der Waals surface area contributed by atoms with E-state index in [4.69, 9.17) is 23.7 Å². The van der Waals surface area contributed by atoms with Crippen LogP contribution in [0.4, 0.5) is 0 Å². The summed E-state index contributed by atoms with van der Waals surface area (Å²) in [6.45, 7) is 4.99. The smallest absolute Gasteiger partial charge is 0.306 e. The number of ether oxygens (including phenoxy) is 5. The van der Waals surface area contributed by atoms with Gasteiger partial charge in [0.15, 0.2) is 23.4 Å². The normalized spacial score (nSPS) is 25.5. The highest BCUT2D eigenvalue weighted by atomic mass is 16.7. The zero-order valence-electron chi connectivity index (χ0n) is 15.4. The number of esters is 1. The quantitative estimate of drug-likeness (QED) is 0.721. The lowest BCUT2D eigenvalue weighted by Gasteiger charge is -2.28. The summed E-state index contributed by atoms with van der Waals surface area (Å²) >= 11 is 0. The topological polar surface area (TPSA) is 83.5 Å². The lowest BCUT2D eigenvalue weighted by molar-refractivity contribution is -0.157. The van der Waals surface area contributed by atoms with E-state index in [9.17, 15) is 9.59 Å². The molecule has 1 amide bonds. The van der Waals surface area contributed by atoms with E-state index in [0.717, 1.165) is 5.56 Å². The molecule has 0 aliphatic carbocycles. The fourth-order valence-electron chi connectivity index (χ4n) is 3.49. The predicted octanol–water partition coefficient (Wildman–Crippen LogP) is 1.60. The molecule has 3 aliphatic rings. The summed E-state index contributed by atoms with van der Waals surface area (Å²) < 4.78 is 27.4. The Morgan fingerprint density at radius 1 is 1.26 bits per heavy atom. The number of nitrogens with zero attached hydrogens (tertiary/aromatic N) is 1. The second-order valence-corrected chi connectivity index (χ2v) is 7.37. The maximum absolute atomic E-state index is 13.0. The lowest BCUT2D eigenvalue weighted by atomic mass is 10.1. The molecule has 2 atom stereocenters.